The lowest BCUT2D eigenvalue weighted by Gasteiger charge is -2.23. The molecule has 1 amide bonds. The summed E-state index contributed by atoms with van der Waals surface area (Å²) in [6.45, 7) is 1.93. The monoisotopic (exact) mass is 504 g/mol. The summed E-state index contributed by atoms with van der Waals surface area (Å²) in [4.78, 5) is 32.3. The second-order valence-corrected chi connectivity index (χ2v) is 9.79. The molecule has 0 saturated carbocycles. The van der Waals surface area contributed by atoms with Crippen LogP contribution in [0.4, 0.5) is 13.9 Å². The van der Waals surface area contributed by atoms with Gasteiger partial charge in [0.15, 0.2) is 5.13 Å². The minimum Gasteiger partial charge on any atom is -0.507 e. The average Bonchev–Trinajstić information content (AvgIpc) is 3.51. The molecule has 36 heavy (non-hydrogen) atoms. The molecule has 2 aliphatic rings. The van der Waals surface area contributed by atoms with E-state index in [4.69, 9.17) is 4.74 Å². The molecule has 6 rings (SSSR count). The van der Waals surface area contributed by atoms with Crippen molar-refractivity contribution in [1.29, 1.82) is 0 Å². The molecule has 4 aromatic rings. The van der Waals surface area contributed by atoms with Gasteiger partial charge in [0.1, 0.15) is 29.2 Å². The third-order valence-corrected chi connectivity index (χ3v) is 7.36. The second kappa shape index (κ2) is 8.23. The van der Waals surface area contributed by atoms with Crippen molar-refractivity contribution in [1.82, 2.24) is 4.98 Å². The number of hydrogen-bond acceptors (Lipinski definition) is 6. The molecule has 1 aromatic heterocycles. The fraction of sp³-hybridized carbons (Fsp3) is 0.148. The summed E-state index contributed by atoms with van der Waals surface area (Å²) < 4.78 is 33.7. The topological polar surface area (TPSA) is 79.7 Å². The molecule has 0 unspecified atom stereocenters. The van der Waals surface area contributed by atoms with Crippen LogP contribution in [0.1, 0.15) is 29.7 Å². The van der Waals surface area contributed by atoms with E-state index < -0.39 is 29.4 Å². The first kappa shape index (κ1) is 22.4. The predicted octanol–water partition coefficient (Wildman–Crippen LogP) is 5.52. The van der Waals surface area contributed by atoms with Crippen LogP contribution in [0.15, 0.2) is 66.2 Å². The summed E-state index contributed by atoms with van der Waals surface area (Å²) in [7, 11) is 0. The highest BCUT2D eigenvalue weighted by Gasteiger charge is 2.48. The molecule has 2 atom stereocenters. The zero-order valence-electron chi connectivity index (χ0n) is 18.9. The van der Waals surface area contributed by atoms with Crippen molar-refractivity contribution in [3.8, 4) is 5.75 Å². The fourth-order valence-electron chi connectivity index (χ4n) is 4.70. The highest BCUT2D eigenvalue weighted by atomic mass is 32.1. The zero-order chi connectivity index (χ0) is 25.1. The highest BCUT2D eigenvalue weighted by Crippen LogP contribution is 2.45. The van der Waals surface area contributed by atoms with E-state index >= 15 is 0 Å². The van der Waals surface area contributed by atoms with Gasteiger partial charge >= 0.3 is 5.91 Å². The number of amides is 1. The molecule has 0 radical (unpaired) electrons. The maximum Gasteiger partial charge on any atom is 0.301 e. The van der Waals surface area contributed by atoms with Crippen LogP contribution >= 0.6 is 11.3 Å². The van der Waals surface area contributed by atoms with Crippen molar-refractivity contribution >= 4 is 44.1 Å². The van der Waals surface area contributed by atoms with Gasteiger partial charge in [-0.15, -0.1) is 0 Å². The number of Topliss-reactive ketones (excluding diaryl/α,β-unsaturated/α-hetero) is 1. The Kier molecular flexibility index (Phi) is 5.11. The van der Waals surface area contributed by atoms with E-state index in [2.05, 4.69) is 4.98 Å². The van der Waals surface area contributed by atoms with Crippen LogP contribution in [0.5, 0.6) is 5.75 Å². The molecular formula is C27H18F2N2O4S. The summed E-state index contributed by atoms with van der Waals surface area (Å²) in [6.07, 6.45) is 0.639. The van der Waals surface area contributed by atoms with Gasteiger partial charge in [-0.05, 0) is 66.6 Å². The van der Waals surface area contributed by atoms with Crippen LogP contribution in [0, 0.1) is 11.6 Å². The number of carbonyl (C=O) groups excluding carboxylic acids is 2. The number of hydrogen-bond donors (Lipinski definition) is 1. The van der Waals surface area contributed by atoms with Crippen molar-refractivity contribution in [2.24, 2.45) is 0 Å². The van der Waals surface area contributed by atoms with Crippen LogP contribution in [0.2, 0.25) is 0 Å². The number of aliphatic hydroxyl groups is 1. The predicted molar refractivity (Wildman–Crippen MR) is 131 cm³/mol. The minimum atomic E-state index is -1.06. The van der Waals surface area contributed by atoms with Gasteiger partial charge in [0.25, 0.3) is 5.78 Å². The number of carbonyl (C=O) groups is 2. The van der Waals surface area contributed by atoms with Gasteiger partial charge < -0.3 is 9.84 Å². The Morgan fingerprint density at radius 2 is 1.81 bits per heavy atom. The van der Waals surface area contributed by atoms with Gasteiger partial charge in [0.2, 0.25) is 0 Å². The van der Waals surface area contributed by atoms with Crippen molar-refractivity contribution in [3.05, 3.63) is 94.6 Å². The average molecular weight is 505 g/mol. The molecule has 3 heterocycles. The smallest absolute Gasteiger partial charge is 0.301 e. The Hall–Kier alpha value is -4.11. The molecule has 180 valence electrons. The van der Waals surface area contributed by atoms with E-state index in [1.165, 1.54) is 47.4 Å². The molecule has 9 heteroatoms. The summed E-state index contributed by atoms with van der Waals surface area (Å²) in [6, 6.07) is 13.4. The van der Waals surface area contributed by atoms with Crippen molar-refractivity contribution < 1.29 is 28.2 Å². The molecule has 3 aromatic carbocycles. The number of ketones is 1. The van der Waals surface area contributed by atoms with Gasteiger partial charge in [-0.25, -0.2) is 13.8 Å². The molecule has 0 spiro atoms. The molecule has 2 aliphatic heterocycles. The Morgan fingerprint density at radius 3 is 2.58 bits per heavy atom. The number of ether oxygens (including phenoxy) is 1. The van der Waals surface area contributed by atoms with Crippen LogP contribution in [-0.4, -0.2) is 27.9 Å². The van der Waals surface area contributed by atoms with Crippen molar-refractivity contribution in [2.75, 3.05) is 4.90 Å². The first-order chi connectivity index (χ1) is 17.3. The summed E-state index contributed by atoms with van der Waals surface area (Å²) in [5, 5.41) is 11.5. The lowest BCUT2D eigenvalue weighted by atomic mass is 9.94. The molecule has 0 aliphatic carbocycles. The maximum atomic E-state index is 13.8. The van der Waals surface area contributed by atoms with Gasteiger partial charge in [-0.3, -0.25) is 14.5 Å². The SMILES string of the molecule is C[C@@H]1Cc2cc(/C(O)=C3\C(=O)C(=O)N(c4nc5ccc(F)cc5s4)[C@H]3c3ccc(F)cc3)ccc2O1. The van der Waals surface area contributed by atoms with Crippen LogP contribution in [-0.2, 0) is 16.0 Å². The number of halogens is 2. The molecule has 6 nitrogen and oxygen atoms in total. The lowest BCUT2D eigenvalue weighted by Crippen LogP contribution is -2.29. The van der Waals surface area contributed by atoms with E-state index in [1.54, 1.807) is 18.2 Å². The van der Waals surface area contributed by atoms with E-state index in [9.17, 15) is 23.5 Å². The Bertz CT molecular complexity index is 1600. The molecule has 1 fully saturated rings. The quantitative estimate of drug-likeness (QED) is 0.226. The van der Waals surface area contributed by atoms with Gasteiger partial charge in [-0.1, -0.05) is 23.5 Å². The van der Waals surface area contributed by atoms with Gasteiger partial charge in [0.05, 0.1) is 21.8 Å². The first-order valence-electron chi connectivity index (χ1n) is 11.2. The van der Waals surface area contributed by atoms with E-state index in [1.807, 2.05) is 6.92 Å². The maximum absolute atomic E-state index is 13.8. The third kappa shape index (κ3) is 3.54. The summed E-state index contributed by atoms with van der Waals surface area (Å²) in [5.74, 6) is -2.36. The van der Waals surface area contributed by atoms with Crippen molar-refractivity contribution in [2.45, 2.75) is 25.5 Å². The van der Waals surface area contributed by atoms with Gasteiger partial charge in [0, 0.05) is 12.0 Å². The first-order valence-corrected chi connectivity index (χ1v) is 12.0. The number of anilines is 1. The van der Waals surface area contributed by atoms with Crippen LogP contribution in [0.3, 0.4) is 0 Å². The van der Waals surface area contributed by atoms with Crippen LogP contribution in [0.25, 0.3) is 16.0 Å². The van der Waals surface area contributed by atoms with Crippen LogP contribution < -0.4 is 9.64 Å². The standard InChI is InChI=1S/C27H18F2N2O4S/c1-13-10-16-11-15(4-9-20(16)35-13)24(32)22-23(14-2-5-17(28)6-3-14)31(26(34)25(22)33)27-30-19-8-7-18(29)12-21(19)36-27/h2-9,11-13,23,32H,10H2,1H3/b24-22+/t13-,23+/m1/s1. The number of aromatic nitrogens is 1. The lowest BCUT2D eigenvalue weighted by molar-refractivity contribution is -0.132. The highest BCUT2D eigenvalue weighted by molar-refractivity contribution is 7.22. The van der Waals surface area contributed by atoms with E-state index in [0.717, 1.165) is 16.9 Å². The largest absolute Gasteiger partial charge is 0.507 e. The third-order valence-electron chi connectivity index (χ3n) is 6.34. The Morgan fingerprint density at radius 1 is 1.06 bits per heavy atom. The Labute approximate surface area is 208 Å². The number of nitrogens with zero attached hydrogens (tertiary/aromatic N) is 2. The molecule has 1 N–H and O–H groups in total. The fourth-order valence-corrected chi connectivity index (χ4v) is 5.72. The molecule has 0 bridgehead atoms. The number of benzene rings is 3. The second-order valence-electron chi connectivity index (χ2n) is 8.78. The molecule has 1 saturated heterocycles. The zero-order valence-corrected chi connectivity index (χ0v) is 19.7. The number of rotatable bonds is 3. The van der Waals surface area contributed by atoms with E-state index in [-0.39, 0.29) is 22.6 Å². The molecular weight excluding hydrogens is 486 g/mol. The van der Waals surface area contributed by atoms with Crippen molar-refractivity contribution in [3.63, 3.8) is 0 Å². The van der Waals surface area contributed by atoms with E-state index in [0.29, 0.717) is 33.5 Å². The number of aliphatic hydroxyl groups excluding tert-OH is 1. The minimum absolute atomic E-state index is 0.00827. The summed E-state index contributed by atoms with van der Waals surface area (Å²) in [5.41, 5.74) is 1.99. The normalized spacial score (nSPS) is 20.7. The summed E-state index contributed by atoms with van der Waals surface area (Å²) >= 11 is 1.05. The number of thiazole rings is 1. The Balaban J connectivity index is 1.53. The number of fused-ring (bicyclic) bond motifs is 2. The van der Waals surface area contributed by atoms with Gasteiger partial charge in [-0.2, -0.15) is 0 Å².